The maximum Gasteiger partial charge on any atom is 0.251 e. The van der Waals surface area contributed by atoms with E-state index >= 15 is 0 Å². The van der Waals surface area contributed by atoms with Gasteiger partial charge in [-0.1, -0.05) is 0 Å². The number of hydrogen-bond acceptors (Lipinski definition) is 3. The number of aryl methyl sites for hydroxylation is 2. The van der Waals surface area contributed by atoms with Crippen molar-refractivity contribution >= 4 is 11.6 Å². The summed E-state index contributed by atoms with van der Waals surface area (Å²) in [5.74, 6) is -0.126. The fraction of sp³-hybridized carbons (Fsp3) is 0.200. The van der Waals surface area contributed by atoms with Crippen molar-refractivity contribution < 1.29 is 4.79 Å². The minimum absolute atomic E-state index is 0.126. The van der Waals surface area contributed by atoms with E-state index in [1.165, 1.54) is 0 Å². The lowest BCUT2D eigenvalue weighted by Crippen LogP contribution is -2.23. The fourth-order valence-corrected chi connectivity index (χ4v) is 1.90. The summed E-state index contributed by atoms with van der Waals surface area (Å²) < 4.78 is 0. The molecule has 1 amide bonds. The Hall–Kier alpha value is -2.36. The van der Waals surface area contributed by atoms with Crippen LogP contribution in [0.1, 0.15) is 27.0 Å². The van der Waals surface area contributed by atoms with Crippen LogP contribution in [-0.4, -0.2) is 10.9 Å². The van der Waals surface area contributed by atoms with E-state index in [1.54, 1.807) is 18.5 Å². The summed E-state index contributed by atoms with van der Waals surface area (Å²) in [5, 5.41) is 2.88. The summed E-state index contributed by atoms with van der Waals surface area (Å²) >= 11 is 0. The Morgan fingerprint density at radius 2 is 2.11 bits per heavy atom. The molecule has 0 aliphatic heterocycles. The molecule has 4 nitrogen and oxygen atoms in total. The lowest BCUT2D eigenvalue weighted by molar-refractivity contribution is 0.0951. The number of nitrogens with two attached hydrogens (primary N) is 1. The number of nitrogen functional groups attached to an aromatic ring is 1. The summed E-state index contributed by atoms with van der Waals surface area (Å²) in [4.78, 5) is 16.1. The predicted octanol–water partition coefficient (Wildman–Crippen LogP) is 2.21. The van der Waals surface area contributed by atoms with Crippen LogP contribution in [0, 0.1) is 13.8 Å². The van der Waals surface area contributed by atoms with Gasteiger partial charge in [-0.2, -0.15) is 0 Å². The molecule has 1 aromatic heterocycles. The molecule has 0 bridgehead atoms. The van der Waals surface area contributed by atoms with Gasteiger partial charge in [-0.15, -0.1) is 0 Å². The number of carbonyl (C=O) groups is 1. The number of amides is 1. The van der Waals surface area contributed by atoms with Crippen LogP contribution in [0.2, 0.25) is 0 Å². The summed E-state index contributed by atoms with van der Waals surface area (Å²) in [6.45, 7) is 4.37. The van der Waals surface area contributed by atoms with Gasteiger partial charge in [0.2, 0.25) is 0 Å². The maximum absolute atomic E-state index is 12.0. The average Bonchev–Trinajstić information content (AvgIpc) is 2.36. The zero-order valence-electron chi connectivity index (χ0n) is 11.1. The molecule has 3 N–H and O–H groups in total. The van der Waals surface area contributed by atoms with Crippen LogP contribution in [0.5, 0.6) is 0 Å². The van der Waals surface area contributed by atoms with E-state index in [2.05, 4.69) is 10.3 Å². The summed E-state index contributed by atoms with van der Waals surface area (Å²) in [6, 6.07) is 7.26. The van der Waals surface area contributed by atoms with Gasteiger partial charge in [-0.05, 0) is 54.8 Å². The van der Waals surface area contributed by atoms with Crippen LogP contribution < -0.4 is 11.1 Å². The third-order valence-electron chi connectivity index (χ3n) is 2.95. The highest BCUT2D eigenvalue weighted by Crippen LogP contribution is 2.11. The van der Waals surface area contributed by atoms with E-state index in [9.17, 15) is 4.79 Å². The van der Waals surface area contributed by atoms with Gasteiger partial charge in [0.15, 0.2) is 0 Å². The number of nitrogens with one attached hydrogen (secondary N) is 1. The Morgan fingerprint density at radius 1 is 1.32 bits per heavy atom. The Bertz CT molecular complexity index is 588. The lowest BCUT2D eigenvalue weighted by Gasteiger charge is -2.08. The summed E-state index contributed by atoms with van der Waals surface area (Å²) in [6.07, 6.45) is 3.50. The van der Waals surface area contributed by atoms with Gasteiger partial charge in [-0.3, -0.25) is 9.78 Å². The smallest absolute Gasteiger partial charge is 0.251 e. The van der Waals surface area contributed by atoms with Crippen molar-refractivity contribution in [2.75, 3.05) is 5.73 Å². The number of hydrogen-bond donors (Lipinski definition) is 2. The second kappa shape index (κ2) is 5.52. The quantitative estimate of drug-likeness (QED) is 0.826. The molecule has 2 rings (SSSR count). The number of nitrogens with zero attached hydrogens (tertiary/aromatic N) is 1. The van der Waals surface area contributed by atoms with Crippen molar-refractivity contribution in [3.63, 3.8) is 0 Å². The molecule has 98 valence electrons. The molecule has 1 heterocycles. The second-order valence-corrected chi connectivity index (χ2v) is 4.62. The van der Waals surface area contributed by atoms with E-state index in [4.69, 9.17) is 5.73 Å². The first-order valence-electron chi connectivity index (χ1n) is 6.11. The molecule has 0 fully saturated rings. The molecule has 2 aromatic rings. The fourth-order valence-electron chi connectivity index (χ4n) is 1.90. The zero-order chi connectivity index (χ0) is 13.8. The van der Waals surface area contributed by atoms with Crippen LogP contribution in [0.25, 0.3) is 0 Å². The van der Waals surface area contributed by atoms with E-state index < -0.39 is 0 Å². The van der Waals surface area contributed by atoms with Crippen molar-refractivity contribution in [3.05, 3.63) is 58.9 Å². The number of benzene rings is 1. The third-order valence-corrected chi connectivity index (χ3v) is 2.95. The molecule has 0 spiro atoms. The van der Waals surface area contributed by atoms with E-state index in [0.717, 1.165) is 16.7 Å². The van der Waals surface area contributed by atoms with Crippen molar-refractivity contribution in [3.8, 4) is 0 Å². The largest absolute Gasteiger partial charge is 0.399 e. The molecule has 0 saturated carbocycles. The monoisotopic (exact) mass is 255 g/mol. The summed E-state index contributed by atoms with van der Waals surface area (Å²) in [7, 11) is 0. The van der Waals surface area contributed by atoms with Gasteiger partial charge in [0.05, 0.1) is 0 Å². The highest BCUT2D eigenvalue weighted by atomic mass is 16.1. The van der Waals surface area contributed by atoms with Crippen LogP contribution in [-0.2, 0) is 6.54 Å². The van der Waals surface area contributed by atoms with Crippen molar-refractivity contribution in [1.29, 1.82) is 0 Å². The van der Waals surface area contributed by atoms with Crippen molar-refractivity contribution in [2.24, 2.45) is 0 Å². The average molecular weight is 255 g/mol. The number of pyridine rings is 1. The molecule has 0 aliphatic carbocycles. The van der Waals surface area contributed by atoms with Crippen LogP contribution >= 0.6 is 0 Å². The van der Waals surface area contributed by atoms with Crippen LogP contribution in [0.4, 0.5) is 5.69 Å². The highest BCUT2D eigenvalue weighted by Gasteiger charge is 2.07. The Morgan fingerprint density at radius 3 is 2.79 bits per heavy atom. The molecule has 0 atom stereocenters. The Balaban J connectivity index is 2.08. The lowest BCUT2D eigenvalue weighted by atomic mass is 10.1. The van der Waals surface area contributed by atoms with Gasteiger partial charge < -0.3 is 11.1 Å². The topological polar surface area (TPSA) is 68.0 Å². The van der Waals surface area contributed by atoms with Gasteiger partial charge in [0.25, 0.3) is 5.91 Å². The van der Waals surface area contributed by atoms with Gasteiger partial charge in [0, 0.05) is 30.2 Å². The van der Waals surface area contributed by atoms with Crippen molar-refractivity contribution in [1.82, 2.24) is 10.3 Å². The van der Waals surface area contributed by atoms with Gasteiger partial charge in [0.1, 0.15) is 0 Å². The number of rotatable bonds is 3. The van der Waals surface area contributed by atoms with E-state index in [0.29, 0.717) is 17.8 Å². The first-order valence-corrected chi connectivity index (χ1v) is 6.11. The predicted molar refractivity (Wildman–Crippen MR) is 75.7 cm³/mol. The first-order chi connectivity index (χ1) is 9.06. The van der Waals surface area contributed by atoms with Crippen LogP contribution in [0.15, 0.2) is 36.7 Å². The Labute approximate surface area is 112 Å². The number of aromatic nitrogens is 1. The minimum Gasteiger partial charge on any atom is -0.399 e. The standard InChI is InChI=1S/C15H17N3O/c1-10-5-12(7-14(16)6-10)15(19)18-9-13-8-17-4-3-11(13)2/h3-8H,9,16H2,1-2H3,(H,18,19). The maximum atomic E-state index is 12.0. The van der Waals surface area contributed by atoms with Gasteiger partial charge >= 0.3 is 0 Å². The van der Waals surface area contributed by atoms with Crippen molar-refractivity contribution in [2.45, 2.75) is 20.4 Å². The molecule has 0 radical (unpaired) electrons. The number of anilines is 1. The number of carbonyl (C=O) groups excluding carboxylic acids is 1. The minimum atomic E-state index is -0.126. The SMILES string of the molecule is Cc1cc(N)cc(C(=O)NCc2cnccc2C)c1. The molecule has 0 saturated heterocycles. The Kier molecular flexibility index (Phi) is 3.80. The zero-order valence-corrected chi connectivity index (χ0v) is 11.1. The molecule has 19 heavy (non-hydrogen) atoms. The molecular formula is C15H17N3O. The second-order valence-electron chi connectivity index (χ2n) is 4.62. The van der Waals surface area contributed by atoms with E-state index in [-0.39, 0.29) is 5.91 Å². The molecule has 0 aliphatic rings. The van der Waals surface area contributed by atoms with E-state index in [1.807, 2.05) is 32.0 Å². The highest BCUT2D eigenvalue weighted by molar-refractivity contribution is 5.95. The third kappa shape index (κ3) is 3.31. The van der Waals surface area contributed by atoms with Gasteiger partial charge in [-0.25, -0.2) is 0 Å². The molecule has 0 unspecified atom stereocenters. The first kappa shape index (κ1) is 13.1. The molecule has 4 heteroatoms. The molecule has 1 aromatic carbocycles. The molecular weight excluding hydrogens is 238 g/mol. The van der Waals surface area contributed by atoms with Crippen LogP contribution in [0.3, 0.4) is 0 Å². The normalized spacial score (nSPS) is 10.2. The summed E-state index contributed by atoms with van der Waals surface area (Å²) in [5.41, 5.74) is 10.0.